The van der Waals surface area contributed by atoms with Crippen LogP contribution in [0, 0.1) is 5.82 Å². The molecule has 0 atom stereocenters. The minimum Gasteiger partial charge on any atom is -0.444 e. The maximum Gasteiger partial charge on any atom is 0.230 e. The molecule has 110 valence electrons. The van der Waals surface area contributed by atoms with E-state index in [2.05, 4.69) is 10.3 Å². The number of nitrogens with zero attached hydrogens (tertiary/aromatic N) is 1. The molecule has 1 N–H and O–H groups in total. The van der Waals surface area contributed by atoms with Gasteiger partial charge in [0.2, 0.25) is 11.8 Å². The zero-order chi connectivity index (χ0) is 15.4. The van der Waals surface area contributed by atoms with Crippen LogP contribution in [0.1, 0.15) is 5.69 Å². The maximum atomic E-state index is 13.1. The molecule has 0 saturated carbocycles. The molecule has 1 amide bonds. The van der Waals surface area contributed by atoms with E-state index in [0.29, 0.717) is 17.3 Å². The van der Waals surface area contributed by atoms with Crippen molar-refractivity contribution in [2.24, 2.45) is 0 Å². The van der Waals surface area contributed by atoms with Gasteiger partial charge in [-0.1, -0.05) is 24.3 Å². The van der Waals surface area contributed by atoms with Crippen molar-refractivity contribution < 1.29 is 13.6 Å². The zero-order valence-corrected chi connectivity index (χ0v) is 11.6. The van der Waals surface area contributed by atoms with E-state index in [-0.39, 0.29) is 12.3 Å². The third kappa shape index (κ3) is 3.38. The smallest absolute Gasteiger partial charge is 0.230 e. The Bertz CT molecular complexity index is 784. The van der Waals surface area contributed by atoms with Crippen LogP contribution in [0.2, 0.25) is 0 Å². The van der Waals surface area contributed by atoms with Gasteiger partial charge in [0.1, 0.15) is 12.1 Å². The molecule has 3 aromatic rings. The van der Waals surface area contributed by atoms with Crippen LogP contribution >= 0.6 is 0 Å². The number of hydrogen-bond acceptors (Lipinski definition) is 3. The quantitative estimate of drug-likeness (QED) is 0.799. The van der Waals surface area contributed by atoms with Gasteiger partial charge in [0.25, 0.3) is 0 Å². The Morgan fingerprint density at radius 2 is 1.95 bits per heavy atom. The first-order valence-electron chi connectivity index (χ1n) is 6.76. The van der Waals surface area contributed by atoms with Crippen LogP contribution in [0.4, 0.5) is 10.1 Å². The molecule has 0 radical (unpaired) electrons. The van der Waals surface area contributed by atoms with Crippen LogP contribution in [-0.4, -0.2) is 10.9 Å². The molecule has 0 aliphatic rings. The lowest BCUT2D eigenvalue weighted by Gasteiger charge is -2.03. The number of oxazole rings is 1. The lowest BCUT2D eigenvalue weighted by atomic mass is 10.2. The molecule has 0 saturated heterocycles. The molecule has 4 nitrogen and oxygen atoms in total. The van der Waals surface area contributed by atoms with Crippen LogP contribution in [-0.2, 0) is 11.2 Å². The standard InChI is InChI=1S/C17H13FN2O2/c18-13-7-4-8-14(9-13)19-16(21)10-15-11-22-17(20-15)12-5-2-1-3-6-12/h1-9,11H,10H2,(H,19,21). The number of anilines is 1. The highest BCUT2D eigenvalue weighted by molar-refractivity contribution is 5.92. The van der Waals surface area contributed by atoms with Crippen molar-refractivity contribution in [3.05, 3.63) is 72.4 Å². The van der Waals surface area contributed by atoms with E-state index in [1.165, 1.54) is 24.5 Å². The van der Waals surface area contributed by atoms with Crippen molar-refractivity contribution in [2.75, 3.05) is 5.32 Å². The van der Waals surface area contributed by atoms with Crippen molar-refractivity contribution in [1.29, 1.82) is 0 Å². The molecule has 3 rings (SSSR count). The summed E-state index contributed by atoms with van der Waals surface area (Å²) in [6.07, 6.45) is 1.51. The number of halogens is 1. The molecule has 0 spiro atoms. The third-order valence-electron chi connectivity index (χ3n) is 3.02. The van der Waals surface area contributed by atoms with E-state index in [0.717, 1.165) is 5.56 Å². The Labute approximate surface area is 126 Å². The van der Waals surface area contributed by atoms with Gasteiger partial charge in [0.05, 0.1) is 12.1 Å². The molecule has 22 heavy (non-hydrogen) atoms. The number of carbonyl (C=O) groups is 1. The van der Waals surface area contributed by atoms with Crippen LogP contribution in [0.15, 0.2) is 65.3 Å². The fourth-order valence-corrected chi connectivity index (χ4v) is 2.04. The lowest BCUT2D eigenvalue weighted by molar-refractivity contribution is -0.115. The Morgan fingerprint density at radius 3 is 2.73 bits per heavy atom. The van der Waals surface area contributed by atoms with Gasteiger partial charge in [0, 0.05) is 11.3 Å². The average molecular weight is 296 g/mol. The van der Waals surface area contributed by atoms with Crippen LogP contribution in [0.3, 0.4) is 0 Å². The van der Waals surface area contributed by atoms with Gasteiger partial charge in [-0.2, -0.15) is 0 Å². The number of hydrogen-bond donors (Lipinski definition) is 1. The summed E-state index contributed by atoms with van der Waals surface area (Å²) in [4.78, 5) is 16.2. The summed E-state index contributed by atoms with van der Waals surface area (Å²) in [5.74, 6) is -0.210. The van der Waals surface area contributed by atoms with Gasteiger partial charge < -0.3 is 9.73 Å². The second-order valence-electron chi connectivity index (χ2n) is 4.75. The van der Waals surface area contributed by atoms with Crippen LogP contribution in [0.25, 0.3) is 11.5 Å². The molecule has 1 heterocycles. The lowest BCUT2D eigenvalue weighted by Crippen LogP contribution is -2.14. The largest absolute Gasteiger partial charge is 0.444 e. The molecule has 5 heteroatoms. The van der Waals surface area contributed by atoms with E-state index < -0.39 is 5.82 Å². The highest BCUT2D eigenvalue weighted by atomic mass is 19.1. The number of rotatable bonds is 4. The number of amides is 1. The second-order valence-corrected chi connectivity index (χ2v) is 4.75. The summed E-state index contributed by atoms with van der Waals surface area (Å²) in [6.45, 7) is 0. The summed E-state index contributed by atoms with van der Waals surface area (Å²) in [7, 11) is 0. The van der Waals surface area contributed by atoms with Gasteiger partial charge in [-0.15, -0.1) is 0 Å². The summed E-state index contributed by atoms with van der Waals surface area (Å²) < 4.78 is 18.4. The fraction of sp³-hybridized carbons (Fsp3) is 0.0588. The molecule has 1 aromatic heterocycles. The molecule has 0 fully saturated rings. The van der Waals surface area contributed by atoms with Crippen molar-refractivity contribution in [3.63, 3.8) is 0 Å². The summed E-state index contributed by atoms with van der Waals surface area (Å²) >= 11 is 0. The Hall–Kier alpha value is -2.95. The minimum atomic E-state index is -0.398. The van der Waals surface area contributed by atoms with Crippen molar-refractivity contribution in [3.8, 4) is 11.5 Å². The number of carbonyl (C=O) groups excluding carboxylic acids is 1. The number of aromatic nitrogens is 1. The monoisotopic (exact) mass is 296 g/mol. The average Bonchev–Trinajstić information content (AvgIpc) is 2.96. The van der Waals surface area contributed by atoms with E-state index in [1.807, 2.05) is 30.3 Å². The highest BCUT2D eigenvalue weighted by Gasteiger charge is 2.10. The Morgan fingerprint density at radius 1 is 1.14 bits per heavy atom. The van der Waals surface area contributed by atoms with Crippen molar-refractivity contribution in [1.82, 2.24) is 4.98 Å². The summed E-state index contributed by atoms with van der Waals surface area (Å²) in [6, 6.07) is 15.2. The molecule has 2 aromatic carbocycles. The summed E-state index contributed by atoms with van der Waals surface area (Å²) in [5, 5.41) is 2.62. The van der Waals surface area contributed by atoms with Gasteiger partial charge in [-0.3, -0.25) is 4.79 Å². The van der Waals surface area contributed by atoms with Crippen molar-refractivity contribution >= 4 is 11.6 Å². The molecule has 0 aliphatic carbocycles. The topological polar surface area (TPSA) is 55.1 Å². The number of nitrogens with one attached hydrogen (secondary N) is 1. The minimum absolute atomic E-state index is 0.0623. The first-order chi connectivity index (χ1) is 10.7. The van der Waals surface area contributed by atoms with Gasteiger partial charge in [0.15, 0.2) is 0 Å². The molecular formula is C17H13FN2O2. The van der Waals surface area contributed by atoms with E-state index in [4.69, 9.17) is 4.42 Å². The Kier molecular flexibility index (Phi) is 3.96. The van der Waals surface area contributed by atoms with Crippen molar-refractivity contribution in [2.45, 2.75) is 6.42 Å². The summed E-state index contributed by atoms with van der Waals surface area (Å²) in [5.41, 5.74) is 1.78. The third-order valence-corrected chi connectivity index (χ3v) is 3.02. The molecule has 0 unspecified atom stereocenters. The van der Waals surface area contributed by atoms with Gasteiger partial charge >= 0.3 is 0 Å². The molecular weight excluding hydrogens is 283 g/mol. The number of benzene rings is 2. The van der Waals surface area contributed by atoms with Crippen LogP contribution in [0.5, 0.6) is 0 Å². The maximum absolute atomic E-state index is 13.1. The first-order valence-corrected chi connectivity index (χ1v) is 6.76. The van der Waals surface area contributed by atoms with E-state index in [9.17, 15) is 9.18 Å². The SMILES string of the molecule is O=C(Cc1coc(-c2ccccc2)n1)Nc1cccc(F)c1. The second kappa shape index (κ2) is 6.22. The predicted molar refractivity (Wildman–Crippen MR) is 80.7 cm³/mol. The predicted octanol–water partition coefficient (Wildman–Crippen LogP) is 3.66. The van der Waals surface area contributed by atoms with Gasteiger partial charge in [-0.25, -0.2) is 9.37 Å². The van der Waals surface area contributed by atoms with Crippen LogP contribution < -0.4 is 5.32 Å². The zero-order valence-electron chi connectivity index (χ0n) is 11.6. The Balaban J connectivity index is 1.66. The molecule has 0 bridgehead atoms. The van der Waals surface area contributed by atoms with Gasteiger partial charge in [-0.05, 0) is 30.3 Å². The first kappa shape index (κ1) is 14.0. The van der Waals surface area contributed by atoms with E-state index >= 15 is 0 Å². The molecule has 0 aliphatic heterocycles. The normalized spacial score (nSPS) is 10.4. The fourth-order valence-electron chi connectivity index (χ4n) is 2.04. The highest BCUT2D eigenvalue weighted by Crippen LogP contribution is 2.18. The van der Waals surface area contributed by atoms with E-state index in [1.54, 1.807) is 6.07 Å².